The first-order valence-corrected chi connectivity index (χ1v) is 6.90. The molecule has 1 aromatic carbocycles. The third kappa shape index (κ3) is 2.54. The maximum absolute atomic E-state index is 12.1. The van der Waals surface area contributed by atoms with Crippen molar-refractivity contribution < 1.29 is 4.79 Å². The molecular weight excluding hydrogens is 298 g/mol. The van der Waals surface area contributed by atoms with Crippen molar-refractivity contribution in [2.24, 2.45) is 0 Å². The van der Waals surface area contributed by atoms with E-state index < -0.39 is 0 Å². The third-order valence-corrected chi connectivity index (χ3v) is 3.36. The average Bonchev–Trinajstić information content (AvgIpc) is 3.12. The normalized spacial score (nSPS) is 10.4. The van der Waals surface area contributed by atoms with Gasteiger partial charge in [-0.05, 0) is 18.2 Å². The van der Waals surface area contributed by atoms with E-state index in [1.807, 2.05) is 0 Å². The topological polar surface area (TPSA) is 72.7 Å². The first-order valence-electron chi connectivity index (χ1n) is 5.58. The first kappa shape index (κ1) is 12.8. The fraction of sp³-hybridized carbons (Fsp3) is 0. The summed E-state index contributed by atoms with van der Waals surface area (Å²) >= 11 is 7.33. The van der Waals surface area contributed by atoms with Gasteiger partial charge in [-0.15, -0.1) is 11.3 Å². The Morgan fingerprint density at radius 3 is 3.00 bits per heavy atom. The number of carbonyl (C=O) groups excluding carboxylic acids is 1. The quantitative estimate of drug-likeness (QED) is 0.807. The number of benzene rings is 1. The second-order valence-electron chi connectivity index (χ2n) is 3.83. The SMILES string of the molecule is O=C(Nc1cc(Cl)ccc1-n1cncn1)c1cscn1. The third-order valence-electron chi connectivity index (χ3n) is 2.54. The zero-order valence-corrected chi connectivity index (χ0v) is 11.6. The molecule has 0 spiro atoms. The van der Waals surface area contributed by atoms with E-state index in [1.165, 1.54) is 17.7 Å². The van der Waals surface area contributed by atoms with E-state index in [9.17, 15) is 4.79 Å². The number of aromatic nitrogens is 4. The lowest BCUT2D eigenvalue weighted by molar-refractivity contribution is 0.102. The van der Waals surface area contributed by atoms with Gasteiger partial charge in [-0.2, -0.15) is 5.10 Å². The highest BCUT2D eigenvalue weighted by molar-refractivity contribution is 7.07. The van der Waals surface area contributed by atoms with Crippen LogP contribution in [0, 0.1) is 0 Å². The van der Waals surface area contributed by atoms with Crippen LogP contribution in [-0.4, -0.2) is 25.7 Å². The molecule has 6 nitrogen and oxygen atoms in total. The molecule has 2 aromatic heterocycles. The molecular formula is C12H8ClN5OS. The molecule has 0 aliphatic rings. The Bertz CT molecular complexity index is 726. The van der Waals surface area contributed by atoms with Crippen LogP contribution in [0.4, 0.5) is 5.69 Å². The molecule has 0 atom stereocenters. The molecule has 0 saturated carbocycles. The molecule has 1 amide bonds. The fourth-order valence-electron chi connectivity index (χ4n) is 1.65. The minimum Gasteiger partial charge on any atom is -0.319 e. The maximum atomic E-state index is 12.1. The Hall–Kier alpha value is -2.25. The second-order valence-corrected chi connectivity index (χ2v) is 4.98. The summed E-state index contributed by atoms with van der Waals surface area (Å²) in [5.41, 5.74) is 3.18. The summed E-state index contributed by atoms with van der Waals surface area (Å²) in [6.07, 6.45) is 2.96. The fourth-order valence-corrected chi connectivity index (χ4v) is 2.36. The summed E-state index contributed by atoms with van der Waals surface area (Å²) in [6, 6.07) is 5.13. The highest BCUT2D eigenvalue weighted by atomic mass is 35.5. The van der Waals surface area contributed by atoms with E-state index in [4.69, 9.17) is 11.6 Å². The minimum atomic E-state index is -0.296. The van der Waals surface area contributed by atoms with E-state index in [0.717, 1.165) is 0 Å². The number of carbonyl (C=O) groups is 1. The molecule has 0 aliphatic heterocycles. The second kappa shape index (κ2) is 5.40. The predicted octanol–water partition coefficient (Wildman–Crippen LogP) is 2.63. The van der Waals surface area contributed by atoms with Gasteiger partial charge in [0.15, 0.2) is 0 Å². The zero-order valence-electron chi connectivity index (χ0n) is 10.0. The summed E-state index contributed by atoms with van der Waals surface area (Å²) in [5.74, 6) is -0.296. The van der Waals surface area contributed by atoms with Crippen LogP contribution >= 0.6 is 22.9 Å². The van der Waals surface area contributed by atoms with Crippen molar-refractivity contribution in [3.63, 3.8) is 0 Å². The Labute approximate surface area is 123 Å². The van der Waals surface area contributed by atoms with Crippen LogP contribution in [0.2, 0.25) is 5.02 Å². The number of rotatable bonds is 3. The van der Waals surface area contributed by atoms with Gasteiger partial charge in [0.25, 0.3) is 5.91 Å². The van der Waals surface area contributed by atoms with Gasteiger partial charge in [-0.25, -0.2) is 14.6 Å². The predicted molar refractivity (Wildman–Crippen MR) is 76.4 cm³/mol. The van der Waals surface area contributed by atoms with Crippen LogP contribution in [0.15, 0.2) is 41.7 Å². The van der Waals surface area contributed by atoms with E-state index in [0.29, 0.717) is 22.1 Å². The summed E-state index contributed by atoms with van der Waals surface area (Å²) in [6.45, 7) is 0. The molecule has 100 valence electrons. The lowest BCUT2D eigenvalue weighted by atomic mass is 10.2. The van der Waals surface area contributed by atoms with Crippen molar-refractivity contribution in [2.75, 3.05) is 5.32 Å². The van der Waals surface area contributed by atoms with Crippen molar-refractivity contribution in [1.82, 2.24) is 19.7 Å². The smallest absolute Gasteiger partial charge is 0.275 e. The lowest BCUT2D eigenvalue weighted by Crippen LogP contribution is -2.14. The number of hydrogen-bond donors (Lipinski definition) is 1. The summed E-state index contributed by atoms with van der Waals surface area (Å²) in [4.78, 5) is 19.9. The number of amides is 1. The number of anilines is 1. The largest absolute Gasteiger partial charge is 0.319 e. The van der Waals surface area contributed by atoms with Crippen LogP contribution < -0.4 is 5.32 Å². The van der Waals surface area contributed by atoms with Gasteiger partial charge >= 0.3 is 0 Å². The minimum absolute atomic E-state index is 0.296. The average molecular weight is 306 g/mol. The highest BCUT2D eigenvalue weighted by Gasteiger charge is 2.12. The molecule has 0 saturated heterocycles. The molecule has 3 aromatic rings. The van der Waals surface area contributed by atoms with Gasteiger partial charge in [-0.3, -0.25) is 4.79 Å². The molecule has 3 rings (SSSR count). The van der Waals surface area contributed by atoms with E-state index in [-0.39, 0.29) is 5.91 Å². The van der Waals surface area contributed by atoms with Crippen LogP contribution in [0.3, 0.4) is 0 Å². The molecule has 2 heterocycles. The van der Waals surface area contributed by atoms with Crippen molar-refractivity contribution in [1.29, 1.82) is 0 Å². The van der Waals surface area contributed by atoms with Crippen molar-refractivity contribution in [2.45, 2.75) is 0 Å². The Morgan fingerprint density at radius 2 is 2.30 bits per heavy atom. The molecule has 20 heavy (non-hydrogen) atoms. The van der Waals surface area contributed by atoms with Crippen LogP contribution in [0.5, 0.6) is 0 Å². The summed E-state index contributed by atoms with van der Waals surface area (Å²) < 4.78 is 1.55. The van der Waals surface area contributed by atoms with Crippen molar-refractivity contribution in [3.8, 4) is 5.69 Å². The molecule has 0 unspecified atom stereocenters. The Kier molecular flexibility index (Phi) is 3.44. The van der Waals surface area contributed by atoms with Crippen molar-refractivity contribution in [3.05, 3.63) is 52.5 Å². The maximum Gasteiger partial charge on any atom is 0.275 e. The standard InChI is InChI=1S/C12H8ClN5OS/c13-8-1-2-11(18-6-14-5-16-18)9(3-8)17-12(19)10-4-20-7-15-10/h1-7H,(H,17,19). The number of nitrogens with zero attached hydrogens (tertiary/aromatic N) is 4. The van der Waals surface area contributed by atoms with E-state index in [1.54, 1.807) is 40.1 Å². The van der Waals surface area contributed by atoms with Crippen LogP contribution in [0.25, 0.3) is 5.69 Å². The molecule has 0 aliphatic carbocycles. The Balaban J connectivity index is 1.96. The zero-order chi connectivity index (χ0) is 13.9. The molecule has 0 bridgehead atoms. The van der Waals surface area contributed by atoms with Gasteiger partial charge in [0.1, 0.15) is 18.3 Å². The van der Waals surface area contributed by atoms with E-state index in [2.05, 4.69) is 20.4 Å². The van der Waals surface area contributed by atoms with Gasteiger partial charge < -0.3 is 5.32 Å². The van der Waals surface area contributed by atoms with Crippen molar-refractivity contribution >= 4 is 34.5 Å². The van der Waals surface area contributed by atoms with Gasteiger partial charge in [0.2, 0.25) is 0 Å². The molecule has 0 fully saturated rings. The summed E-state index contributed by atoms with van der Waals surface area (Å²) in [7, 11) is 0. The van der Waals surface area contributed by atoms with Gasteiger partial charge in [-0.1, -0.05) is 11.6 Å². The molecule has 1 N–H and O–H groups in total. The van der Waals surface area contributed by atoms with E-state index >= 15 is 0 Å². The van der Waals surface area contributed by atoms with Crippen LogP contribution in [0.1, 0.15) is 10.5 Å². The lowest BCUT2D eigenvalue weighted by Gasteiger charge is -2.10. The number of thiazole rings is 1. The molecule has 0 radical (unpaired) electrons. The first-order chi connectivity index (χ1) is 9.74. The molecule has 8 heteroatoms. The van der Waals surface area contributed by atoms with Crippen LogP contribution in [-0.2, 0) is 0 Å². The number of hydrogen-bond acceptors (Lipinski definition) is 5. The number of nitrogens with one attached hydrogen (secondary N) is 1. The summed E-state index contributed by atoms with van der Waals surface area (Å²) in [5, 5.41) is 9.01. The monoisotopic (exact) mass is 305 g/mol. The number of halogens is 1. The van der Waals surface area contributed by atoms with Gasteiger partial charge in [0.05, 0.1) is 16.9 Å². The highest BCUT2D eigenvalue weighted by Crippen LogP contribution is 2.24. The van der Waals surface area contributed by atoms with Gasteiger partial charge in [0, 0.05) is 10.4 Å². The Morgan fingerprint density at radius 1 is 1.40 bits per heavy atom.